The van der Waals surface area contributed by atoms with E-state index in [-0.39, 0.29) is 22.8 Å². The minimum absolute atomic E-state index is 0.0121. The monoisotopic (exact) mass is 538 g/mol. The van der Waals surface area contributed by atoms with Crippen LogP contribution in [0.2, 0.25) is 0 Å². The van der Waals surface area contributed by atoms with Gasteiger partial charge in [0, 0.05) is 31.7 Å². The van der Waals surface area contributed by atoms with Crippen LogP contribution in [-0.4, -0.2) is 84.8 Å². The van der Waals surface area contributed by atoms with Gasteiger partial charge in [0.1, 0.15) is 11.5 Å². The van der Waals surface area contributed by atoms with Crippen LogP contribution in [0, 0.1) is 12.8 Å². The Bertz CT molecular complexity index is 1230. The minimum atomic E-state index is -0.833. The molecule has 9 nitrogen and oxygen atoms in total. The number of Topliss-reactive ketones (excluding diaryl/α,β-unsaturated/α-hetero) is 1. The number of aliphatic hydroxyl groups is 1. The standard InChI is InChI=1S/C30H38N2O7/c1-19(2)18-39-22-7-8-23(20(3)16-22)28(34)26-27(21-6-9-24(33)25(17-21)37-4)32(30(36)29(26)35)11-5-10-31-12-14-38-15-13-31/h6-9,16-17,19,27,33-34H,5,10-15,18H2,1-4H3/b28-26+/t27-/m0/s1. The van der Waals surface area contributed by atoms with Gasteiger partial charge in [-0.2, -0.15) is 0 Å². The number of hydrogen-bond donors (Lipinski definition) is 2. The Morgan fingerprint density at radius 1 is 1.10 bits per heavy atom. The van der Waals surface area contributed by atoms with Gasteiger partial charge in [0.15, 0.2) is 11.5 Å². The number of phenols is 1. The normalized spacial score (nSPS) is 19.6. The topological polar surface area (TPSA) is 109 Å². The van der Waals surface area contributed by atoms with Crippen molar-refractivity contribution in [1.29, 1.82) is 0 Å². The zero-order valence-corrected chi connectivity index (χ0v) is 23.1. The third-order valence-corrected chi connectivity index (χ3v) is 7.07. The fraction of sp³-hybridized carbons (Fsp3) is 0.467. The SMILES string of the molecule is COc1cc([C@H]2/C(=C(\O)c3ccc(OCC(C)C)cc3C)C(=O)C(=O)N2CCCN2CCOCC2)ccc1O. The predicted octanol–water partition coefficient (Wildman–Crippen LogP) is 3.89. The van der Waals surface area contributed by atoms with Gasteiger partial charge in [0.25, 0.3) is 11.7 Å². The van der Waals surface area contributed by atoms with Crippen LogP contribution in [0.3, 0.4) is 0 Å². The largest absolute Gasteiger partial charge is 0.507 e. The molecule has 2 saturated heterocycles. The summed E-state index contributed by atoms with van der Waals surface area (Å²) in [7, 11) is 1.43. The number of methoxy groups -OCH3 is 1. The Hall–Kier alpha value is -3.56. The Morgan fingerprint density at radius 2 is 1.85 bits per heavy atom. The smallest absolute Gasteiger partial charge is 0.295 e. The van der Waals surface area contributed by atoms with Crippen LogP contribution in [0.4, 0.5) is 0 Å². The average molecular weight is 539 g/mol. The highest BCUT2D eigenvalue weighted by Crippen LogP contribution is 2.42. The first-order valence-electron chi connectivity index (χ1n) is 13.4. The second-order valence-electron chi connectivity index (χ2n) is 10.4. The first kappa shape index (κ1) is 28.4. The van der Waals surface area contributed by atoms with Crippen molar-refractivity contribution in [2.45, 2.75) is 33.2 Å². The third kappa shape index (κ3) is 6.37. The van der Waals surface area contributed by atoms with Crippen molar-refractivity contribution in [2.24, 2.45) is 5.92 Å². The lowest BCUT2D eigenvalue weighted by Crippen LogP contribution is -2.38. The molecule has 2 N–H and O–H groups in total. The summed E-state index contributed by atoms with van der Waals surface area (Å²) in [5.74, 6) is -0.455. The van der Waals surface area contributed by atoms with Crippen LogP contribution < -0.4 is 9.47 Å². The summed E-state index contributed by atoms with van der Waals surface area (Å²) < 4.78 is 16.5. The summed E-state index contributed by atoms with van der Waals surface area (Å²) in [5.41, 5.74) is 1.74. The van der Waals surface area contributed by atoms with Gasteiger partial charge in [0.2, 0.25) is 0 Å². The fourth-order valence-corrected chi connectivity index (χ4v) is 5.01. The van der Waals surface area contributed by atoms with E-state index in [1.165, 1.54) is 18.1 Å². The van der Waals surface area contributed by atoms with Crippen LogP contribution in [0.1, 0.15) is 43.0 Å². The van der Waals surface area contributed by atoms with Gasteiger partial charge in [-0.05, 0) is 60.7 Å². The second kappa shape index (κ2) is 12.5. The highest BCUT2D eigenvalue weighted by Gasteiger charge is 2.46. The summed E-state index contributed by atoms with van der Waals surface area (Å²) in [5, 5.41) is 21.7. The second-order valence-corrected chi connectivity index (χ2v) is 10.4. The van der Waals surface area contributed by atoms with E-state index in [0.717, 1.165) is 19.6 Å². The maximum Gasteiger partial charge on any atom is 0.295 e. The molecule has 1 amide bonds. The number of benzene rings is 2. The molecule has 0 aromatic heterocycles. The van der Waals surface area contributed by atoms with Crippen molar-refractivity contribution in [3.63, 3.8) is 0 Å². The zero-order valence-electron chi connectivity index (χ0n) is 23.1. The average Bonchev–Trinajstić information content (AvgIpc) is 3.17. The Morgan fingerprint density at radius 3 is 2.51 bits per heavy atom. The van der Waals surface area contributed by atoms with Gasteiger partial charge in [-0.3, -0.25) is 14.5 Å². The molecule has 0 unspecified atom stereocenters. The van der Waals surface area contributed by atoms with Crippen molar-refractivity contribution < 1.29 is 34.0 Å². The van der Waals surface area contributed by atoms with Crippen molar-refractivity contribution in [2.75, 3.05) is 53.1 Å². The molecule has 2 aromatic rings. The molecular formula is C30H38N2O7. The van der Waals surface area contributed by atoms with E-state index < -0.39 is 17.7 Å². The van der Waals surface area contributed by atoms with Crippen molar-refractivity contribution in [3.8, 4) is 17.2 Å². The lowest BCUT2D eigenvalue weighted by Gasteiger charge is -2.29. The highest BCUT2D eigenvalue weighted by molar-refractivity contribution is 6.46. The molecule has 0 saturated carbocycles. The molecule has 1 atom stereocenters. The Kier molecular flexibility index (Phi) is 9.14. The molecule has 0 bridgehead atoms. The van der Waals surface area contributed by atoms with E-state index in [9.17, 15) is 19.8 Å². The number of carbonyl (C=O) groups excluding carboxylic acids is 2. The van der Waals surface area contributed by atoms with Crippen LogP contribution in [0.5, 0.6) is 17.2 Å². The lowest BCUT2D eigenvalue weighted by atomic mass is 9.93. The molecule has 0 spiro atoms. The van der Waals surface area contributed by atoms with E-state index in [1.54, 1.807) is 24.3 Å². The lowest BCUT2D eigenvalue weighted by molar-refractivity contribution is -0.140. The van der Waals surface area contributed by atoms with Crippen LogP contribution in [0.15, 0.2) is 42.0 Å². The molecule has 4 rings (SSSR count). The van der Waals surface area contributed by atoms with Gasteiger partial charge in [-0.1, -0.05) is 19.9 Å². The number of ketones is 1. The molecular weight excluding hydrogens is 500 g/mol. The van der Waals surface area contributed by atoms with Gasteiger partial charge in [0.05, 0.1) is 38.5 Å². The van der Waals surface area contributed by atoms with Crippen LogP contribution in [-0.2, 0) is 14.3 Å². The molecule has 2 fully saturated rings. The fourth-order valence-electron chi connectivity index (χ4n) is 5.01. The number of aliphatic hydroxyl groups excluding tert-OH is 1. The molecule has 39 heavy (non-hydrogen) atoms. The molecule has 9 heteroatoms. The predicted molar refractivity (Wildman–Crippen MR) is 147 cm³/mol. The number of ether oxygens (including phenoxy) is 3. The summed E-state index contributed by atoms with van der Waals surface area (Å²) >= 11 is 0. The molecule has 210 valence electrons. The van der Waals surface area contributed by atoms with Crippen LogP contribution in [0.25, 0.3) is 5.76 Å². The van der Waals surface area contributed by atoms with E-state index in [1.807, 2.05) is 13.0 Å². The van der Waals surface area contributed by atoms with E-state index in [4.69, 9.17) is 14.2 Å². The van der Waals surface area contributed by atoms with Crippen molar-refractivity contribution in [1.82, 2.24) is 9.80 Å². The maximum absolute atomic E-state index is 13.4. The summed E-state index contributed by atoms with van der Waals surface area (Å²) in [6, 6.07) is 9.15. The van der Waals surface area contributed by atoms with Crippen molar-refractivity contribution >= 4 is 17.4 Å². The Labute approximate surface area is 229 Å². The molecule has 2 heterocycles. The minimum Gasteiger partial charge on any atom is -0.507 e. The maximum atomic E-state index is 13.4. The number of nitrogens with zero attached hydrogens (tertiary/aromatic N) is 2. The highest BCUT2D eigenvalue weighted by atomic mass is 16.5. The van der Waals surface area contributed by atoms with Gasteiger partial charge in [-0.15, -0.1) is 0 Å². The van der Waals surface area contributed by atoms with Gasteiger partial charge >= 0.3 is 0 Å². The molecule has 2 aliphatic heterocycles. The first-order chi connectivity index (χ1) is 18.7. The van der Waals surface area contributed by atoms with Crippen molar-refractivity contribution in [3.05, 3.63) is 58.7 Å². The zero-order chi connectivity index (χ0) is 28.1. The number of aryl methyl sites for hydroxylation is 1. The molecule has 2 aliphatic rings. The van der Waals surface area contributed by atoms with E-state index in [0.29, 0.717) is 61.1 Å². The molecule has 2 aromatic carbocycles. The third-order valence-electron chi connectivity index (χ3n) is 7.07. The van der Waals surface area contributed by atoms with Gasteiger partial charge < -0.3 is 29.3 Å². The number of aromatic hydroxyl groups is 1. The number of amides is 1. The number of likely N-dealkylation sites (tertiary alicyclic amines) is 1. The van der Waals surface area contributed by atoms with Gasteiger partial charge in [-0.25, -0.2) is 0 Å². The number of rotatable bonds is 10. The molecule has 0 aliphatic carbocycles. The quantitative estimate of drug-likeness (QED) is 0.267. The summed E-state index contributed by atoms with van der Waals surface area (Å²) in [6.45, 7) is 10.6. The number of hydrogen-bond acceptors (Lipinski definition) is 8. The number of morpholine rings is 1. The summed E-state index contributed by atoms with van der Waals surface area (Å²) in [6.07, 6.45) is 0.652. The molecule has 0 radical (unpaired) electrons. The van der Waals surface area contributed by atoms with E-state index >= 15 is 0 Å². The number of phenolic OH excluding ortho intramolecular Hbond substituents is 1. The number of carbonyl (C=O) groups is 2. The Balaban J connectivity index is 1.70. The first-order valence-corrected chi connectivity index (χ1v) is 13.4. The summed E-state index contributed by atoms with van der Waals surface area (Å²) in [4.78, 5) is 30.5. The van der Waals surface area contributed by atoms with Crippen LogP contribution >= 0.6 is 0 Å². The van der Waals surface area contributed by atoms with E-state index in [2.05, 4.69) is 18.7 Å².